The van der Waals surface area contributed by atoms with Crippen LogP contribution in [0.4, 0.5) is 0 Å². The Labute approximate surface area is 98.4 Å². The number of nitrogens with zero attached hydrogens (tertiary/aromatic N) is 2. The summed E-state index contributed by atoms with van der Waals surface area (Å²) < 4.78 is 1.49. The molecule has 2 rings (SSSR count). The molecule has 0 saturated heterocycles. The summed E-state index contributed by atoms with van der Waals surface area (Å²) in [5.74, 6) is 0.472. The molecule has 0 aliphatic carbocycles. The lowest BCUT2D eigenvalue weighted by Crippen LogP contribution is -2.33. The third-order valence-corrected chi connectivity index (χ3v) is 3.17. The van der Waals surface area contributed by atoms with Crippen molar-refractivity contribution >= 4 is 11.9 Å². The first-order valence-corrected chi connectivity index (χ1v) is 5.52. The molecule has 0 amide bonds. The van der Waals surface area contributed by atoms with E-state index in [-0.39, 0.29) is 17.2 Å². The molecule has 90 valence electrons. The zero-order valence-corrected chi connectivity index (χ0v) is 9.80. The third kappa shape index (κ3) is 1.67. The largest absolute Gasteiger partial charge is 0.515 e. The number of aryl methyl sites for hydroxylation is 1. The average Bonchev–Trinajstić information content (AvgIpc) is 2.29. The van der Waals surface area contributed by atoms with Gasteiger partial charge in [0.1, 0.15) is 11.4 Å². The van der Waals surface area contributed by atoms with Crippen molar-refractivity contribution in [2.24, 2.45) is 0 Å². The molecular formula is C12H14N2O3. The fourth-order valence-corrected chi connectivity index (χ4v) is 2.15. The van der Waals surface area contributed by atoms with Crippen molar-refractivity contribution in [3.05, 3.63) is 33.7 Å². The van der Waals surface area contributed by atoms with Gasteiger partial charge >= 0.3 is 0 Å². The molecule has 1 aliphatic rings. The van der Waals surface area contributed by atoms with E-state index in [1.54, 1.807) is 6.92 Å². The number of aldehydes is 1. The van der Waals surface area contributed by atoms with E-state index >= 15 is 0 Å². The predicted molar refractivity (Wildman–Crippen MR) is 63.2 cm³/mol. The molecular weight excluding hydrogens is 220 g/mol. The molecule has 1 N–H and O–H groups in total. The monoisotopic (exact) mass is 234 g/mol. The lowest BCUT2D eigenvalue weighted by atomic mass is 10.0. The van der Waals surface area contributed by atoms with Crippen LogP contribution in [0.15, 0.2) is 11.1 Å². The Morgan fingerprint density at radius 3 is 2.82 bits per heavy atom. The van der Waals surface area contributed by atoms with Crippen LogP contribution in [0.3, 0.4) is 0 Å². The minimum absolute atomic E-state index is 0.00648. The van der Waals surface area contributed by atoms with Crippen molar-refractivity contribution < 1.29 is 9.90 Å². The molecule has 0 bridgehead atoms. The van der Waals surface area contributed by atoms with E-state index in [4.69, 9.17) is 5.11 Å². The molecule has 1 aromatic rings. The van der Waals surface area contributed by atoms with Crippen LogP contribution in [0, 0.1) is 6.92 Å². The fourth-order valence-electron chi connectivity index (χ4n) is 2.15. The topological polar surface area (TPSA) is 72.2 Å². The number of allylic oxidation sites excluding steroid dienone is 1. The van der Waals surface area contributed by atoms with Crippen LogP contribution in [0.5, 0.6) is 0 Å². The van der Waals surface area contributed by atoms with Gasteiger partial charge in [-0.3, -0.25) is 14.2 Å². The number of rotatable bonds is 1. The molecule has 0 saturated carbocycles. The number of carbonyl (C=O) groups excluding carboxylic acids is 1. The highest BCUT2D eigenvalue weighted by Crippen LogP contribution is 2.29. The van der Waals surface area contributed by atoms with Crippen molar-refractivity contribution in [2.45, 2.75) is 32.7 Å². The minimum atomic E-state index is -0.325. The molecule has 1 aliphatic heterocycles. The Morgan fingerprint density at radius 1 is 1.53 bits per heavy atom. The highest BCUT2D eigenvalue weighted by molar-refractivity contribution is 5.76. The fraction of sp³-hybridized carbons (Fsp3) is 0.417. The summed E-state index contributed by atoms with van der Waals surface area (Å²) in [7, 11) is 0. The molecule has 1 aromatic heterocycles. The molecule has 0 radical (unpaired) electrons. The van der Waals surface area contributed by atoms with Gasteiger partial charge in [-0.1, -0.05) is 0 Å². The van der Waals surface area contributed by atoms with Crippen LogP contribution in [-0.4, -0.2) is 20.9 Å². The van der Waals surface area contributed by atoms with Crippen LogP contribution >= 0.6 is 0 Å². The highest BCUT2D eigenvalue weighted by atomic mass is 16.2. The molecule has 0 aromatic carbocycles. The van der Waals surface area contributed by atoms with E-state index in [9.17, 15) is 9.59 Å². The molecule has 5 heteroatoms. The lowest BCUT2D eigenvalue weighted by molar-refractivity contribution is 0.112. The number of hydrogen-bond acceptors (Lipinski definition) is 4. The van der Waals surface area contributed by atoms with Crippen molar-refractivity contribution in [2.75, 3.05) is 0 Å². The average molecular weight is 234 g/mol. The Bertz CT molecular complexity index is 558. The maximum atomic E-state index is 12.1. The molecule has 0 fully saturated rings. The number of fused-ring (bicyclic) bond motifs is 1. The van der Waals surface area contributed by atoms with Gasteiger partial charge in [-0.25, -0.2) is 4.98 Å². The van der Waals surface area contributed by atoms with Gasteiger partial charge < -0.3 is 5.11 Å². The highest BCUT2D eigenvalue weighted by Gasteiger charge is 2.24. The first-order chi connectivity index (χ1) is 8.10. The number of aromatic nitrogens is 2. The second-order valence-electron chi connectivity index (χ2n) is 4.27. The van der Waals surface area contributed by atoms with Crippen molar-refractivity contribution in [1.82, 2.24) is 9.55 Å². The van der Waals surface area contributed by atoms with Crippen molar-refractivity contribution in [1.29, 1.82) is 0 Å². The maximum Gasteiger partial charge on any atom is 0.264 e. The van der Waals surface area contributed by atoms with E-state index in [2.05, 4.69) is 4.98 Å². The standard InChI is InChI=1S/C12H14N2O3/c1-7-3-4-9(5-15)11-13-8(2)10(6-16)12(17)14(7)11/h5-7,15H,3-4H2,1-2H3/b9-5-. The predicted octanol–water partition coefficient (Wildman–Crippen LogP) is 1.62. The van der Waals surface area contributed by atoms with Gasteiger partial charge in [0.25, 0.3) is 5.56 Å². The van der Waals surface area contributed by atoms with Gasteiger partial charge in [-0.2, -0.15) is 0 Å². The van der Waals surface area contributed by atoms with Crippen LogP contribution in [0.2, 0.25) is 0 Å². The Morgan fingerprint density at radius 2 is 2.24 bits per heavy atom. The second-order valence-corrected chi connectivity index (χ2v) is 4.27. The quantitative estimate of drug-likeness (QED) is 0.592. The molecule has 0 spiro atoms. The number of aliphatic hydroxyl groups excluding tert-OH is 1. The number of aliphatic hydroxyl groups is 1. The molecule has 1 atom stereocenters. The zero-order chi connectivity index (χ0) is 12.6. The summed E-state index contributed by atoms with van der Waals surface area (Å²) in [5.41, 5.74) is 0.819. The van der Waals surface area contributed by atoms with Gasteiger partial charge in [0, 0.05) is 11.6 Å². The molecule has 17 heavy (non-hydrogen) atoms. The van der Waals surface area contributed by atoms with E-state index in [0.717, 1.165) is 12.7 Å². The van der Waals surface area contributed by atoms with E-state index in [0.29, 0.717) is 29.8 Å². The van der Waals surface area contributed by atoms with E-state index in [1.165, 1.54) is 4.57 Å². The maximum absolute atomic E-state index is 12.1. The Balaban J connectivity index is 2.81. The summed E-state index contributed by atoms with van der Waals surface area (Å²) in [6.45, 7) is 3.53. The van der Waals surface area contributed by atoms with Crippen molar-refractivity contribution in [3.63, 3.8) is 0 Å². The van der Waals surface area contributed by atoms with Crippen LogP contribution in [-0.2, 0) is 0 Å². The summed E-state index contributed by atoms with van der Waals surface area (Å²) in [6.07, 6.45) is 2.97. The molecule has 5 nitrogen and oxygen atoms in total. The third-order valence-electron chi connectivity index (χ3n) is 3.17. The summed E-state index contributed by atoms with van der Waals surface area (Å²) >= 11 is 0. The van der Waals surface area contributed by atoms with Gasteiger partial charge in [0.2, 0.25) is 0 Å². The zero-order valence-electron chi connectivity index (χ0n) is 9.80. The van der Waals surface area contributed by atoms with Gasteiger partial charge in [0.05, 0.1) is 12.0 Å². The SMILES string of the molecule is Cc1nc2n(c(=O)c1C=O)C(C)CC/C2=C/O. The number of hydrogen-bond donors (Lipinski definition) is 1. The minimum Gasteiger partial charge on any atom is -0.515 e. The van der Waals surface area contributed by atoms with Crippen molar-refractivity contribution in [3.8, 4) is 0 Å². The summed E-state index contributed by atoms with van der Waals surface area (Å²) in [6, 6.07) is -0.00648. The van der Waals surface area contributed by atoms with Gasteiger partial charge in [0.15, 0.2) is 6.29 Å². The lowest BCUT2D eigenvalue weighted by Gasteiger charge is -2.26. The molecule has 2 heterocycles. The smallest absolute Gasteiger partial charge is 0.264 e. The van der Waals surface area contributed by atoms with Gasteiger partial charge in [-0.05, 0) is 26.7 Å². The first-order valence-electron chi connectivity index (χ1n) is 5.52. The van der Waals surface area contributed by atoms with E-state index < -0.39 is 0 Å². The van der Waals surface area contributed by atoms with Crippen LogP contribution in [0.25, 0.3) is 5.57 Å². The summed E-state index contributed by atoms with van der Waals surface area (Å²) in [4.78, 5) is 27.2. The van der Waals surface area contributed by atoms with Crippen LogP contribution in [0.1, 0.15) is 47.7 Å². The Hall–Kier alpha value is -1.91. The van der Waals surface area contributed by atoms with Crippen LogP contribution < -0.4 is 5.56 Å². The van der Waals surface area contributed by atoms with E-state index in [1.807, 2.05) is 6.92 Å². The Kier molecular flexibility index (Phi) is 2.83. The summed E-state index contributed by atoms with van der Waals surface area (Å²) in [5, 5.41) is 9.15. The van der Waals surface area contributed by atoms with Gasteiger partial charge in [-0.15, -0.1) is 0 Å². The molecule has 1 unspecified atom stereocenters. The normalized spacial score (nSPS) is 21.3. The second kappa shape index (κ2) is 4.16. The number of carbonyl (C=O) groups is 1. The first kappa shape index (κ1) is 11.6.